The van der Waals surface area contributed by atoms with Crippen LogP contribution in [0.4, 0.5) is 0 Å². The van der Waals surface area contributed by atoms with Crippen molar-refractivity contribution in [3.8, 4) is 11.3 Å². The molecule has 3 heteroatoms. The first-order valence-corrected chi connectivity index (χ1v) is 7.26. The number of hydrogen-bond donors (Lipinski definition) is 1. The van der Waals surface area contributed by atoms with Crippen molar-refractivity contribution in [1.82, 2.24) is 9.97 Å². The zero-order valence-electron chi connectivity index (χ0n) is 10.4. The first-order valence-electron chi connectivity index (χ1n) is 6.03. The third-order valence-electron chi connectivity index (χ3n) is 2.78. The van der Waals surface area contributed by atoms with E-state index < -0.39 is 0 Å². The molecule has 0 fully saturated rings. The Morgan fingerprint density at radius 2 is 2.00 bits per heavy atom. The third kappa shape index (κ3) is 2.91. The molecule has 2 nitrogen and oxygen atoms in total. The van der Waals surface area contributed by atoms with Crippen LogP contribution in [0.1, 0.15) is 25.5 Å². The van der Waals surface area contributed by atoms with E-state index in [9.17, 15) is 0 Å². The fraction of sp³-hybridized carbons (Fsp3) is 0.357. The standard InChI is InChI=1S/C14H18N2S/c1-3-4-10-12-13(16-14(15-12)17-2)11-8-6-5-7-9-11/h5-9H,3-4,10H2,1-2H3,(H,15,16). The number of H-pyrrole nitrogens is 1. The maximum absolute atomic E-state index is 4.66. The number of thioether (sulfide) groups is 1. The van der Waals surface area contributed by atoms with Gasteiger partial charge < -0.3 is 4.98 Å². The lowest BCUT2D eigenvalue weighted by Crippen LogP contribution is -1.89. The minimum atomic E-state index is 1.01. The lowest BCUT2D eigenvalue weighted by Gasteiger charge is -2.01. The summed E-state index contributed by atoms with van der Waals surface area (Å²) in [6.07, 6.45) is 5.54. The molecule has 0 amide bonds. The van der Waals surface area contributed by atoms with E-state index in [-0.39, 0.29) is 0 Å². The monoisotopic (exact) mass is 246 g/mol. The van der Waals surface area contributed by atoms with Gasteiger partial charge in [-0.25, -0.2) is 4.98 Å². The summed E-state index contributed by atoms with van der Waals surface area (Å²) >= 11 is 1.67. The number of hydrogen-bond acceptors (Lipinski definition) is 2. The van der Waals surface area contributed by atoms with Gasteiger partial charge in [0.1, 0.15) is 0 Å². The molecule has 2 rings (SSSR count). The van der Waals surface area contributed by atoms with Crippen LogP contribution in [0.3, 0.4) is 0 Å². The van der Waals surface area contributed by atoms with Crippen molar-refractivity contribution in [1.29, 1.82) is 0 Å². The van der Waals surface area contributed by atoms with Crippen LogP contribution in [-0.4, -0.2) is 16.2 Å². The predicted molar refractivity (Wildman–Crippen MR) is 74.4 cm³/mol. The number of nitrogens with one attached hydrogen (secondary N) is 1. The Bertz CT molecular complexity index is 462. The van der Waals surface area contributed by atoms with Crippen LogP contribution >= 0.6 is 11.8 Å². The summed E-state index contributed by atoms with van der Waals surface area (Å²) in [6.45, 7) is 2.22. The Hall–Kier alpha value is -1.22. The van der Waals surface area contributed by atoms with Gasteiger partial charge in [-0.15, -0.1) is 0 Å². The topological polar surface area (TPSA) is 28.7 Å². The van der Waals surface area contributed by atoms with Crippen LogP contribution in [0.25, 0.3) is 11.3 Å². The lowest BCUT2D eigenvalue weighted by atomic mass is 10.1. The number of rotatable bonds is 5. The average Bonchev–Trinajstić information content (AvgIpc) is 2.80. The highest BCUT2D eigenvalue weighted by Gasteiger charge is 2.10. The average molecular weight is 246 g/mol. The Balaban J connectivity index is 2.34. The molecule has 17 heavy (non-hydrogen) atoms. The molecule has 2 aromatic rings. The molecule has 0 aliphatic heterocycles. The van der Waals surface area contributed by atoms with E-state index in [0.29, 0.717) is 0 Å². The molecule has 0 spiro atoms. The van der Waals surface area contributed by atoms with E-state index in [2.05, 4.69) is 47.4 Å². The molecule has 0 unspecified atom stereocenters. The highest BCUT2D eigenvalue weighted by molar-refractivity contribution is 7.98. The highest BCUT2D eigenvalue weighted by atomic mass is 32.2. The molecule has 1 aromatic carbocycles. The van der Waals surface area contributed by atoms with Crippen molar-refractivity contribution in [2.75, 3.05) is 6.26 Å². The number of benzene rings is 1. The highest BCUT2D eigenvalue weighted by Crippen LogP contribution is 2.25. The molecule has 0 saturated carbocycles. The van der Waals surface area contributed by atoms with Gasteiger partial charge in [-0.05, 0) is 19.1 Å². The lowest BCUT2D eigenvalue weighted by molar-refractivity contribution is 0.777. The second-order valence-electron chi connectivity index (χ2n) is 4.04. The zero-order chi connectivity index (χ0) is 12.1. The largest absolute Gasteiger partial charge is 0.336 e. The van der Waals surface area contributed by atoms with E-state index in [0.717, 1.165) is 17.3 Å². The number of aromatic amines is 1. The van der Waals surface area contributed by atoms with Gasteiger partial charge in [-0.3, -0.25) is 0 Å². The second kappa shape index (κ2) is 5.92. The number of aromatic nitrogens is 2. The number of imidazole rings is 1. The van der Waals surface area contributed by atoms with Gasteiger partial charge >= 0.3 is 0 Å². The minimum Gasteiger partial charge on any atom is -0.336 e. The van der Waals surface area contributed by atoms with Gasteiger partial charge in [0.25, 0.3) is 0 Å². The quantitative estimate of drug-likeness (QED) is 0.803. The maximum Gasteiger partial charge on any atom is 0.165 e. The molecule has 0 saturated heterocycles. The molecule has 1 N–H and O–H groups in total. The second-order valence-corrected chi connectivity index (χ2v) is 4.84. The van der Waals surface area contributed by atoms with Crippen LogP contribution in [0, 0.1) is 0 Å². The summed E-state index contributed by atoms with van der Waals surface area (Å²) in [7, 11) is 0. The van der Waals surface area contributed by atoms with E-state index in [1.807, 2.05) is 6.07 Å². The molecule has 0 atom stereocenters. The van der Waals surface area contributed by atoms with Crippen molar-refractivity contribution < 1.29 is 0 Å². The van der Waals surface area contributed by atoms with E-state index in [1.54, 1.807) is 11.8 Å². The van der Waals surface area contributed by atoms with Gasteiger partial charge in [0.05, 0.1) is 5.69 Å². The number of unbranched alkanes of at least 4 members (excludes halogenated alkanes) is 1. The van der Waals surface area contributed by atoms with Crippen molar-refractivity contribution in [2.24, 2.45) is 0 Å². The molecule has 1 heterocycles. The molecular weight excluding hydrogens is 228 g/mol. The number of nitrogens with zero attached hydrogens (tertiary/aromatic N) is 1. The molecule has 90 valence electrons. The number of aryl methyl sites for hydroxylation is 1. The predicted octanol–water partition coefficient (Wildman–Crippen LogP) is 4.14. The van der Waals surface area contributed by atoms with Crippen LogP contribution in [-0.2, 0) is 6.42 Å². The van der Waals surface area contributed by atoms with Crippen LogP contribution in [0.2, 0.25) is 0 Å². The van der Waals surface area contributed by atoms with Crippen molar-refractivity contribution in [2.45, 2.75) is 31.3 Å². The fourth-order valence-corrected chi connectivity index (χ4v) is 2.26. The van der Waals surface area contributed by atoms with E-state index in [4.69, 9.17) is 0 Å². The summed E-state index contributed by atoms with van der Waals surface area (Å²) in [5, 5.41) is 1.01. The van der Waals surface area contributed by atoms with E-state index in [1.165, 1.54) is 24.1 Å². The Morgan fingerprint density at radius 1 is 1.24 bits per heavy atom. The molecule has 0 bridgehead atoms. The van der Waals surface area contributed by atoms with Gasteiger partial charge in [0.2, 0.25) is 0 Å². The zero-order valence-corrected chi connectivity index (χ0v) is 11.2. The summed E-state index contributed by atoms with van der Waals surface area (Å²) in [4.78, 5) is 8.08. The van der Waals surface area contributed by atoms with Crippen molar-refractivity contribution in [3.05, 3.63) is 36.0 Å². The smallest absolute Gasteiger partial charge is 0.165 e. The van der Waals surface area contributed by atoms with Crippen molar-refractivity contribution >= 4 is 11.8 Å². The fourth-order valence-electron chi connectivity index (χ4n) is 1.85. The normalized spacial score (nSPS) is 10.7. The van der Waals surface area contributed by atoms with Gasteiger partial charge in [0, 0.05) is 11.3 Å². The Labute approximate surface area is 107 Å². The van der Waals surface area contributed by atoms with Crippen LogP contribution in [0.5, 0.6) is 0 Å². The Morgan fingerprint density at radius 3 is 2.65 bits per heavy atom. The van der Waals surface area contributed by atoms with Gasteiger partial charge in [0.15, 0.2) is 5.16 Å². The first-order chi connectivity index (χ1) is 8.35. The molecular formula is C14H18N2S. The Kier molecular flexibility index (Phi) is 4.26. The molecule has 0 radical (unpaired) electrons. The van der Waals surface area contributed by atoms with Gasteiger partial charge in [-0.1, -0.05) is 55.4 Å². The molecule has 0 aliphatic carbocycles. The van der Waals surface area contributed by atoms with Gasteiger partial charge in [-0.2, -0.15) is 0 Å². The maximum atomic E-state index is 4.66. The molecule has 0 aliphatic rings. The summed E-state index contributed by atoms with van der Waals surface area (Å²) < 4.78 is 0. The summed E-state index contributed by atoms with van der Waals surface area (Å²) in [5.41, 5.74) is 3.58. The first kappa shape index (κ1) is 12.2. The minimum absolute atomic E-state index is 1.01. The SMILES string of the molecule is CCCCc1[nH]c(SC)nc1-c1ccccc1. The summed E-state index contributed by atoms with van der Waals surface area (Å²) in [6, 6.07) is 10.4. The molecule has 1 aromatic heterocycles. The third-order valence-corrected chi connectivity index (χ3v) is 3.36. The van der Waals surface area contributed by atoms with Crippen LogP contribution < -0.4 is 0 Å². The van der Waals surface area contributed by atoms with Crippen molar-refractivity contribution in [3.63, 3.8) is 0 Å². The van der Waals surface area contributed by atoms with E-state index >= 15 is 0 Å². The van der Waals surface area contributed by atoms with Crippen LogP contribution in [0.15, 0.2) is 35.5 Å². The summed E-state index contributed by atoms with van der Waals surface area (Å²) in [5.74, 6) is 0.